The van der Waals surface area contributed by atoms with Crippen molar-refractivity contribution in [1.29, 1.82) is 0 Å². The Morgan fingerprint density at radius 3 is 2.58 bits per heavy atom. The third kappa shape index (κ3) is 4.44. The van der Waals surface area contributed by atoms with Crippen LogP contribution in [0.5, 0.6) is 17.2 Å². The van der Waals surface area contributed by atoms with Crippen molar-refractivity contribution in [2.75, 3.05) is 18.7 Å². The van der Waals surface area contributed by atoms with Crippen molar-refractivity contribution in [3.05, 3.63) is 48.0 Å². The van der Waals surface area contributed by atoms with Crippen molar-refractivity contribution in [1.82, 2.24) is 5.32 Å². The van der Waals surface area contributed by atoms with Crippen molar-refractivity contribution < 1.29 is 23.8 Å². The number of ether oxygens (including phenoxy) is 3. The summed E-state index contributed by atoms with van der Waals surface area (Å²) in [5, 5.41) is 5.54. The molecule has 0 spiro atoms. The highest BCUT2D eigenvalue weighted by molar-refractivity contribution is 5.88. The minimum atomic E-state index is -0.235. The molecule has 26 heavy (non-hydrogen) atoms. The Morgan fingerprint density at radius 2 is 1.85 bits per heavy atom. The van der Waals surface area contributed by atoms with E-state index >= 15 is 0 Å². The minimum Gasteiger partial charge on any atom is -0.484 e. The Bertz CT molecular complexity index is 804. The average Bonchev–Trinajstić information content (AvgIpc) is 3.08. The number of anilines is 1. The molecule has 1 atom stereocenters. The average molecular weight is 356 g/mol. The molecule has 2 aromatic carbocycles. The predicted molar refractivity (Wildman–Crippen MR) is 95.4 cm³/mol. The van der Waals surface area contributed by atoms with E-state index in [1.165, 1.54) is 6.92 Å². The van der Waals surface area contributed by atoms with E-state index in [0.29, 0.717) is 22.9 Å². The predicted octanol–water partition coefficient (Wildman–Crippen LogP) is 2.63. The molecule has 2 aromatic rings. The zero-order valence-electron chi connectivity index (χ0n) is 14.6. The molecule has 2 amide bonds. The topological polar surface area (TPSA) is 85.9 Å². The second-order valence-corrected chi connectivity index (χ2v) is 5.90. The van der Waals surface area contributed by atoms with Crippen LogP contribution in [0.25, 0.3) is 0 Å². The van der Waals surface area contributed by atoms with Crippen LogP contribution in [0.4, 0.5) is 5.69 Å². The van der Waals surface area contributed by atoms with Crippen molar-refractivity contribution >= 4 is 17.5 Å². The summed E-state index contributed by atoms with van der Waals surface area (Å²) in [4.78, 5) is 23.1. The fourth-order valence-corrected chi connectivity index (χ4v) is 2.54. The summed E-state index contributed by atoms with van der Waals surface area (Å²) < 4.78 is 16.1. The van der Waals surface area contributed by atoms with Crippen LogP contribution in [0, 0.1) is 0 Å². The molecule has 3 rings (SSSR count). The fraction of sp³-hybridized carbons (Fsp3) is 0.263. The highest BCUT2D eigenvalue weighted by Crippen LogP contribution is 2.34. The number of benzene rings is 2. The first kappa shape index (κ1) is 17.6. The van der Waals surface area contributed by atoms with Gasteiger partial charge in [-0.1, -0.05) is 6.07 Å². The highest BCUT2D eigenvalue weighted by atomic mass is 16.7. The van der Waals surface area contributed by atoms with Crippen molar-refractivity contribution in [3.8, 4) is 17.2 Å². The Morgan fingerprint density at radius 1 is 1.12 bits per heavy atom. The molecule has 0 bridgehead atoms. The fourth-order valence-electron chi connectivity index (χ4n) is 2.54. The number of rotatable bonds is 6. The molecule has 7 heteroatoms. The van der Waals surface area contributed by atoms with Gasteiger partial charge < -0.3 is 24.8 Å². The molecule has 1 aliphatic rings. The number of hydrogen-bond donors (Lipinski definition) is 2. The Hall–Kier alpha value is -3.22. The van der Waals surface area contributed by atoms with E-state index in [0.717, 1.165) is 5.56 Å². The highest BCUT2D eigenvalue weighted by Gasteiger charge is 2.17. The maximum absolute atomic E-state index is 12.1. The van der Waals surface area contributed by atoms with Crippen LogP contribution in [-0.4, -0.2) is 25.2 Å². The molecule has 0 radical (unpaired) electrons. The zero-order valence-corrected chi connectivity index (χ0v) is 14.6. The van der Waals surface area contributed by atoms with E-state index in [4.69, 9.17) is 14.2 Å². The van der Waals surface area contributed by atoms with Gasteiger partial charge in [-0.15, -0.1) is 0 Å². The third-order valence-corrected chi connectivity index (χ3v) is 3.82. The number of fused-ring (bicyclic) bond motifs is 1. The number of amides is 2. The summed E-state index contributed by atoms with van der Waals surface area (Å²) in [5.74, 6) is 1.55. The zero-order chi connectivity index (χ0) is 18.5. The standard InChI is InChI=1S/C19H20N2O5/c1-12(14-3-8-17-18(9-14)26-11-25-17)20-19(23)10-24-16-6-4-15(5-7-16)21-13(2)22/h3-9,12H,10-11H2,1-2H3,(H,20,23)(H,21,22)/t12-/m0/s1. The van der Waals surface area contributed by atoms with Gasteiger partial charge in [0, 0.05) is 12.6 Å². The van der Waals surface area contributed by atoms with Crippen LogP contribution in [-0.2, 0) is 9.59 Å². The molecule has 0 aliphatic carbocycles. The van der Waals surface area contributed by atoms with Crippen molar-refractivity contribution in [2.45, 2.75) is 19.9 Å². The van der Waals surface area contributed by atoms with Crippen LogP contribution in [0.2, 0.25) is 0 Å². The molecule has 1 aliphatic heterocycles. The quantitative estimate of drug-likeness (QED) is 0.831. The Labute approximate surface area is 151 Å². The van der Waals surface area contributed by atoms with Crippen molar-refractivity contribution in [2.24, 2.45) is 0 Å². The lowest BCUT2D eigenvalue weighted by atomic mass is 10.1. The smallest absolute Gasteiger partial charge is 0.258 e. The SMILES string of the molecule is CC(=O)Nc1ccc(OCC(=O)N[C@@H](C)c2ccc3c(c2)OCO3)cc1. The van der Waals surface area contributed by atoms with Crippen LogP contribution >= 0.6 is 0 Å². The van der Waals surface area contributed by atoms with Gasteiger partial charge in [0.1, 0.15) is 5.75 Å². The number of hydrogen-bond acceptors (Lipinski definition) is 5. The van der Waals surface area contributed by atoms with Gasteiger partial charge in [-0.05, 0) is 48.9 Å². The van der Waals surface area contributed by atoms with Gasteiger partial charge >= 0.3 is 0 Å². The lowest BCUT2D eigenvalue weighted by Crippen LogP contribution is -2.31. The summed E-state index contributed by atoms with van der Waals surface area (Å²) in [5.41, 5.74) is 1.59. The van der Waals surface area contributed by atoms with Gasteiger partial charge in [0.05, 0.1) is 6.04 Å². The lowest BCUT2D eigenvalue weighted by molar-refractivity contribution is -0.123. The molecule has 1 heterocycles. The van der Waals surface area contributed by atoms with Gasteiger partial charge in [0.15, 0.2) is 18.1 Å². The van der Waals surface area contributed by atoms with E-state index in [1.807, 2.05) is 25.1 Å². The molecule has 0 fully saturated rings. The number of carbonyl (C=O) groups excluding carboxylic acids is 2. The first-order valence-electron chi connectivity index (χ1n) is 8.20. The number of nitrogens with one attached hydrogen (secondary N) is 2. The number of carbonyl (C=O) groups is 2. The normalized spacial score (nSPS) is 13.0. The van der Waals surface area contributed by atoms with Gasteiger partial charge in [-0.2, -0.15) is 0 Å². The summed E-state index contributed by atoms with van der Waals surface area (Å²) >= 11 is 0. The molecule has 0 aromatic heterocycles. The molecule has 0 saturated carbocycles. The second kappa shape index (κ2) is 7.77. The van der Waals surface area contributed by atoms with Crippen LogP contribution in [0.3, 0.4) is 0 Å². The molecule has 2 N–H and O–H groups in total. The van der Waals surface area contributed by atoms with E-state index in [-0.39, 0.29) is 31.3 Å². The van der Waals surface area contributed by atoms with E-state index in [9.17, 15) is 9.59 Å². The molecule has 0 saturated heterocycles. The monoisotopic (exact) mass is 356 g/mol. The molecule has 0 unspecified atom stereocenters. The van der Waals surface area contributed by atoms with E-state index in [2.05, 4.69) is 10.6 Å². The van der Waals surface area contributed by atoms with E-state index < -0.39 is 0 Å². The summed E-state index contributed by atoms with van der Waals surface area (Å²) in [6.45, 7) is 3.44. The minimum absolute atomic E-state index is 0.103. The molecular formula is C19H20N2O5. The summed E-state index contributed by atoms with van der Waals surface area (Å²) in [7, 11) is 0. The van der Waals surface area contributed by atoms with Crippen LogP contribution in [0.15, 0.2) is 42.5 Å². The molecule has 136 valence electrons. The van der Waals surface area contributed by atoms with Crippen LogP contribution < -0.4 is 24.8 Å². The summed E-state index contributed by atoms with van der Waals surface area (Å²) in [6.07, 6.45) is 0. The Kier molecular flexibility index (Phi) is 5.26. The third-order valence-electron chi connectivity index (χ3n) is 3.82. The van der Waals surface area contributed by atoms with Gasteiger partial charge in [0.2, 0.25) is 12.7 Å². The molecule has 7 nitrogen and oxygen atoms in total. The maximum Gasteiger partial charge on any atom is 0.258 e. The summed E-state index contributed by atoms with van der Waals surface area (Å²) in [6, 6.07) is 12.2. The maximum atomic E-state index is 12.1. The lowest BCUT2D eigenvalue weighted by Gasteiger charge is -2.15. The van der Waals surface area contributed by atoms with Gasteiger partial charge in [0.25, 0.3) is 5.91 Å². The molecular weight excluding hydrogens is 336 g/mol. The van der Waals surface area contributed by atoms with Crippen LogP contribution in [0.1, 0.15) is 25.5 Å². The first-order chi connectivity index (χ1) is 12.5. The largest absolute Gasteiger partial charge is 0.484 e. The van der Waals surface area contributed by atoms with Gasteiger partial charge in [-0.3, -0.25) is 9.59 Å². The van der Waals surface area contributed by atoms with Gasteiger partial charge in [-0.25, -0.2) is 0 Å². The van der Waals surface area contributed by atoms with Crippen molar-refractivity contribution in [3.63, 3.8) is 0 Å². The Balaban J connectivity index is 1.50. The van der Waals surface area contributed by atoms with E-state index in [1.54, 1.807) is 24.3 Å². The first-order valence-corrected chi connectivity index (χ1v) is 8.20. The second-order valence-electron chi connectivity index (χ2n) is 5.90.